The minimum atomic E-state index is -0.758. The number of benzene rings is 2. The fourth-order valence-electron chi connectivity index (χ4n) is 3.40. The van der Waals surface area contributed by atoms with Crippen LogP contribution in [0.25, 0.3) is 0 Å². The summed E-state index contributed by atoms with van der Waals surface area (Å²) in [6.07, 6.45) is 0. The number of piperazine rings is 1. The number of aryl methyl sites for hydroxylation is 1. The minimum Gasteiger partial charge on any atom is -0.346 e. The van der Waals surface area contributed by atoms with Gasteiger partial charge in [0.2, 0.25) is 0 Å². The lowest BCUT2D eigenvalue weighted by atomic mass is 10.0. The molecule has 160 valence electrons. The molecule has 1 aliphatic rings. The Balaban J connectivity index is 1.65. The van der Waals surface area contributed by atoms with Gasteiger partial charge in [-0.25, -0.2) is 4.39 Å². The standard InChI is InChI=1S/C22H26ClFN4O2/c1-15-3-8-18(13-19(15)23)26-22(30)21(29)25-14-20(16-4-6-17(24)7-5-16)28-11-9-27(2)10-12-28/h3-8,13,20H,9-12,14H2,1-2H3,(H,25,29)(H,26,30)/t20-/m1/s1. The van der Waals surface area contributed by atoms with Gasteiger partial charge in [-0.3, -0.25) is 14.5 Å². The molecule has 2 aromatic carbocycles. The fraction of sp³-hybridized carbons (Fsp3) is 0.364. The Bertz CT molecular complexity index is 899. The molecule has 3 rings (SSSR count). The van der Waals surface area contributed by atoms with Crippen molar-refractivity contribution in [3.05, 3.63) is 64.4 Å². The Hall–Kier alpha value is -2.48. The molecule has 8 heteroatoms. The third kappa shape index (κ3) is 5.78. The summed E-state index contributed by atoms with van der Waals surface area (Å²) in [4.78, 5) is 29.1. The molecule has 1 aliphatic heterocycles. The molecule has 0 radical (unpaired) electrons. The van der Waals surface area contributed by atoms with Crippen LogP contribution in [0, 0.1) is 12.7 Å². The number of amides is 2. The SMILES string of the molecule is Cc1ccc(NC(=O)C(=O)NC[C@H](c2ccc(F)cc2)N2CCN(C)CC2)cc1Cl. The molecule has 2 N–H and O–H groups in total. The molecule has 1 heterocycles. The van der Waals surface area contributed by atoms with Crippen molar-refractivity contribution in [3.8, 4) is 0 Å². The number of likely N-dealkylation sites (N-methyl/N-ethyl adjacent to an activating group) is 1. The molecule has 0 bridgehead atoms. The predicted octanol–water partition coefficient (Wildman–Crippen LogP) is 2.83. The highest BCUT2D eigenvalue weighted by atomic mass is 35.5. The Labute approximate surface area is 181 Å². The van der Waals surface area contributed by atoms with Crippen LogP contribution in [-0.2, 0) is 9.59 Å². The number of carbonyl (C=O) groups is 2. The number of hydrogen-bond donors (Lipinski definition) is 2. The molecule has 0 spiro atoms. The summed E-state index contributed by atoms with van der Waals surface area (Å²) in [5.41, 5.74) is 2.24. The van der Waals surface area contributed by atoms with Gasteiger partial charge in [-0.15, -0.1) is 0 Å². The van der Waals surface area contributed by atoms with E-state index in [1.165, 1.54) is 12.1 Å². The number of nitrogens with one attached hydrogen (secondary N) is 2. The maximum Gasteiger partial charge on any atom is 0.313 e. The monoisotopic (exact) mass is 432 g/mol. The van der Waals surface area contributed by atoms with Crippen LogP contribution < -0.4 is 10.6 Å². The second-order valence-electron chi connectivity index (χ2n) is 7.53. The molecule has 0 saturated carbocycles. The van der Waals surface area contributed by atoms with E-state index in [-0.39, 0.29) is 18.4 Å². The van der Waals surface area contributed by atoms with Crippen LogP contribution >= 0.6 is 11.6 Å². The van der Waals surface area contributed by atoms with Gasteiger partial charge in [-0.2, -0.15) is 0 Å². The molecule has 1 saturated heterocycles. The van der Waals surface area contributed by atoms with Gasteiger partial charge in [-0.1, -0.05) is 29.8 Å². The van der Waals surface area contributed by atoms with Crippen LogP contribution in [0.15, 0.2) is 42.5 Å². The lowest BCUT2D eigenvalue weighted by Crippen LogP contribution is -2.49. The van der Waals surface area contributed by atoms with Crippen LogP contribution in [0.1, 0.15) is 17.2 Å². The maximum absolute atomic E-state index is 13.4. The topological polar surface area (TPSA) is 64.7 Å². The molecule has 0 aromatic heterocycles. The third-order valence-corrected chi connectivity index (χ3v) is 5.73. The first kappa shape index (κ1) is 22.2. The number of carbonyl (C=O) groups excluding carboxylic acids is 2. The van der Waals surface area contributed by atoms with Crippen molar-refractivity contribution in [3.63, 3.8) is 0 Å². The molecule has 2 aromatic rings. The Morgan fingerprint density at radius 2 is 1.73 bits per heavy atom. The Morgan fingerprint density at radius 3 is 2.37 bits per heavy atom. The summed E-state index contributed by atoms with van der Waals surface area (Å²) in [6.45, 7) is 5.55. The number of rotatable bonds is 5. The highest BCUT2D eigenvalue weighted by Crippen LogP contribution is 2.22. The van der Waals surface area contributed by atoms with E-state index in [2.05, 4.69) is 27.5 Å². The summed E-state index contributed by atoms with van der Waals surface area (Å²) in [6, 6.07) is 11.2. The minimum absolute atomic E-state index is 0.148. The first-order chi connectivity index (χ1) is 14.3. The Morgan fingerprint density at radius 1 is 1.07 bits per heavy atom. The molecular formula is C22H26ClFN4O2. The van der Waals surface area contributed by atoms with Crippen LogP contribution in [0.5, 0.6) is 0 Å². The second kappa shape index (κ2) is 10.0. The average molecular weight is 433 g/mol. The van der Waals surface area contributed by atoms with Crippen molar-refractivity contribution in [1.82, 2.24) is 15.1 Å². The van der Waals surface area contributed by atoms with Crippen molar-refractivity contribution in [2.45, 2.75) is 13.0 Å². The molecule has 2 amide bonds. The summed E-state index contributed by atoms with van der Waals surface area (Å²) < 4.78 is 13.4. The predicted molar refractivity (Wildman–Crippen MR) is 116 cm³/mol. The molecule has 0 aliphatic carbocycles. The molecule has 1 fully saturated rings. The summed E-state index contributed by atoms with van der Waals surface area (Å²) in [5.74, 6) is -1.80. The summed E-state index contributed by atoms with van der Waals surface area (Å²) in [5, 5.41) is 5.79. The van der Waals surface area contributed by atoms with Crippen molar-refractivity contribution in [2.75, 3.05) is 45.1 Å². The van der Waals surface area contributed by atoms with Gasteiger partial charge in [0.15, 0.2) is 0 Å². The first-order valence-corrected chi connectivity index (χ1v) is 10.2. The van der Waals surface area contributed by atoms with Crippen LogP contribution in [-0.4, -0.2) is 61.4 Å². The van der Waals surface area contributed by atoms with Gasteiger partial charge in [0, 0.05) is 43.4 Å². The quantitative estimate of drug-likeness (QED) is 0.713. The van der Waals surface area contributed by atoms with Crippen molar-refractivity contribution < 1.29 is 14.0 Å². The van der Waals surface area contributed by atoms with Crippen molar-refractivity contribution >= 4 is 29.1 Å². The van der Waals surface area contributed by atoms with Gasteiger partial charge in [0.1, 0.15) is 5.82 Å². The largest absolute Gasteiger partial charge is 0.346 e. The van der Waals surface area contributed by atoms with E-state index in [4.69, 9.17) is 11.6 Å². The summed E-state index contributed by atoms with van der Waals surface area (Å²) in [7, 11) is 2.06. The van der Waals surface area contributed by atoms with E-state index in [1.807, 2.05) is 6.92 Å². The highest BCUT2D eigenvalue weighted by molar-refractivity contribution is 6.39. The molecule has 6 nitrogen and oxygen atoms in total. The van der Waals surface area contributed by atoms with Crippen LogP contribution in [0.2, 0.25) is 5.02 Å². The normalized spacial score (nSPS) is 16.1. The van der Waals surface area contributed by atoms with E-state index < -0.39 is 11.8 Å². The fourth-order valence-corrected chi connectivity index (χ4v) is 3.58. The van der Waals surface area contributed by atoms with Crippen LogP contribution in [0.3, 0.4) is 0 Å². The molecule has 30 heavy (non-hydrogen) atoms. The van der Waals surface area contributed by atoms with Crippen molar-refractivity contribution in [2.24, 2.45) is 0 Å². The zero-order valence-corrected chi connectivity index (χ0v) is 17.9. The van der Waals surface area contributed by atoms with E-state index in [1.54, 1.807) is 30.3 Å². The number of nitrogens with zero attached hydrogens (tertiary/aromatic N) is 2. The average Bonchev–Trinajstić information content (AvgIpc) is 2.73. The maximum atomic E-state index is 13.4. The molecule has 1 atom stereocenters. The Kier molecular flexibility index (Phi) is 7.42. The lowest BCUT2D eigenvalue weighted by molar-refractivity contribution is -0.136. The smallest absolute Gasteiger partial charge is 0.313 e. The van der Waals surface area contributed by atoms with Gasteiger partial charge in [0.05, 0.1) is 6.04 Å². The van der Waals surface area contributed by atoms with Gasteiger partial charge in [0.25, 0.3) is 0 Å². The van der Waals surface area contributed by atoms with Crippen molar-refractivity contribution in [1.29, 1.82) is 0 Å². The lowest BCUT2D eigenvalue weighted by Gasteiger charge is -2.38. The highest BCUT2D eigenvalue weighted by Gasteiger charge is 2.25. The number of hydrogen-bond acceptors (Lipinski definition) is 4. The molecule has 0 unspecified atom stereocenters. The number of anilines is 1. The van der Waals surface area contributed by atoms with E-state index >= 15 is 0 Å². The zero-order valence-electron chi connectivity index (χ0n) is 17.1. The molecular weight excluding hydrogens is 407 g/mol. The van der Waals surface area contributed by atoms with Gasteiger partial charge < -0.3 is 15.5 Å². The number of halogens is 2. The van der Waals surface area contributed by atoms with E-state index in [0.29, 0.717) is 10.7 Å². The van der Waals surface area contributed by atoms with Crippen LogP contribution in [0.4, 0.5) is 10.1 Å². The van der Waals surface area contributed by atoms with E-state index in [9.17, 15) is 14.0 Å². The third-order valence-electron chi connectivity index (χ3n) is 5.33. The zero-order chi connectivity index (χ0) is 21.7. The summed E-state index contributed by atoms with van der Waals surface area (Å²) >= 11 is 6.07. The van der Waals surface area contributed by atoms with Gasteiger partial charge in [-0.05, 0) is 49.4 Å². The van der Waals surface area contributed by atoms with E-state index in [0.717, 1.165) is 37.3 Å². The second-order valence-corrected chi connectivity index (χ2v) is 7.94. The first-order valence-electron chi connectivity index (χ1n) is 9.87. The van der Waals surface area contributed by atoms with Gasteiger partial charge >= 0.3 is 11.8 Å².